The molecule has 0 bridgehead atoms. The minimum atomic E-state index is -4.92. The molecule has 0 unspecified atom stereocenters. The van der Waals surface area contributed by atoms with E-state index in [1.807, 2.05) is 0 Å². The summed E-state index contributed by atoms with van der Waals surface area (Å²) in [6, 6.07) is 2.84. The van der Waals surface area contributed by atoms with Crippen LogP contribution < -0.4 is 0 Å². The predicted molar refractivity (Wildman–Crippen MR) is 138 cm³/mol. The average Bonchev–Trinajstić information content (AvgIpc) is 2.77. The van der Waals surface area contributed by atoms with Crippen LogP contribution in [0.1, 0.15) is 99.8 Å². The number of carboxylic acid groups (broad SMARTS) is 2. The molecule has 0 fully saturated rings. The molecular weight excluding hydrogens is 463 g/mol. The van der Waals surface area contributed by atoms with Gasteiger partial charge in [0.25, 0.3) is 10.1 Å². The third-order valence-electron chi connectivity index (χ3n) is 5.98. The van der Waals surface area contributed by atoms with Crippen molar-refractivity contribution in [2.24, 2.45) is 0 Å². The Kier molecular flexibility index (Phi) is 15.4. The van der Waals surface area contributed by atoms with Crippen LogP contribution in [0, 0.1) is 0 Å². The molecule has 1 aromatic carbocycles. The summed E-state index contributed by atoms with van der Waals surface area (Å²) in [7, 11) is -5.80. The maximum Gasteiger partial charge on any atom is 0.337 e. The third kappa shape index (κ3) is 11.5. The first-order valence-electron chi connectivity index (χ1n) is 12.1. The number of hydrogen-bond donors (Lipinski definition) is 3. The maximum atomic E-state index is 10.9. The molecule has 0 aliphatic rings. The zero-order chi connectivity index (χ0) is 25.5. The SMILES string of the molecule is CCCC[PH](CCCC)(CCCC)CCCC.O=C(O)c1cccc(C(=O)O)c1S(=O)(=O)O. The summed E-state index contributed by atoms with van der Waals surface area (Å²) in [5.74, 6) is -3.29. The summed E-state index contributed by atoms with van der Waals surface area (Å²) in [5, 5.41) is 17.3. The second-order valence-corrected chi connectivity index (χ2v) is 15.0. The smallest absolute Gasteiger partial charge is 0.337 e. The molecule has 0 aliphatic heterocycles. The molecule has 0 saturated heterocycles. The number of benzene rings is 1. The fourth-order valence-electron chi connectivity index (χ4n) is 4.11. The number of hydrogen-bond acceptors (Lipinski definition) is 4. The monoisotopic (exact) mass is 506 g/mol. The van der Waals surface area contributed by atoms with Gasteiger partial charge in [0.1, 0.15) is 4.90 Å². The van der Waals surface area contributed by atoms with Gasteiger partial charge >= 0.3 is 123 Å². The van der Waals surface area contributed by atoms with E-state index in [2.05, 4.69) is 27.7 Å². The van der Waals surface area contributed by atoms with Gasteiger partial charge in [0, 0.05) is 0 Å². The molecule has 192 valence electrons. The zero-order valence-electron chi connectivity index (χ0n) is 20.6. The van der Waals surface area contributed by atoms with E-state index in [0.29, 0.717) is 0 Å². The van der Waals surface area contributed by atoms with Crippen LogP contribution in [-0.4, -0.2) is 59.8 Å². The van der Waals surface area contributed by atoms with Gasteiger partial charge in [-0.2, -0.15) is 8.42 Å². The fourth-order valence-corrected chi connectivity index (χ4v) is 10.9. The van der Waals surface area contributed by atoms with E-state index in [9.17, 15) is 18.0 Å². The molecule has 0 aromatic heterocycles. The van der Waals surface area contributed by atoms with Gasteiger partial charge < -0.3 is 10.2 Å². The molecule has 3 N–H and O–H groups in total. The van der Waals surface area contributed by atoms with Gasteiger partial charge in [0.15, 0.2) is 0 Å². The minimum absolute atomic E-state index is 0.789. The molecule has 0 saturated carbocycles. The van der Waals surface area contributed by atoms with E-state index in [-0.39, 0.29) is 0 Å². The molecule has 0 spiro atoms. The summed E-state index contributed by atoms with van der Waals surface area (Å²) < 4.78 is 30.6. The van der Waals surface area contributed by atoms with E-state index in [1.165, 1.54) is 51.4 Å². The predicted octanol–water partition coefficient (Wildman–Crippen LogP) is 6.27. The Labute approximate surface area is 200 Å². The van der Waals surface area contributed by atoms with Crippen molar-refractivity contribution in [2.75, 3.05) is 24.6 Å². The van der Waals surface area contributed by atoms with Gasteiger partial charge in [0.05, 0.1) is 11.1 Å². The van der Waals surface area contributed by atoms with Gasteiger partial charge in [-0.05, 0) is 12.1 Å². The molecule has 1 aromatic rings. The molecule has 9 heteroatoms. The normalized spacial score (nSPS) is 12.0. The molecule has 0 amide bonds. The second kappa shape index (κ2) is 16.2. The molecule has 33 heavy (non-hydrogen) atoms. The maximum absolute atomic E-state index is 10.9. The van der Waals surface area contributed by atoms with Crippen LogP contribution in [0.5, 0.6) is 0 Å². The Morgan fingerprint density at radius 2 is 1.03 bits per heavy atom. The molecule has 0 heterocycles. The van der Waals surface area contributed by atoms with Crippen molar-refractivity contribution < 1.29 is 32.8 Å². The first-order valence-corrected chi connectivity index (χ1v) is 16.3. The average molecular weight is 507 g/mol. The van der Waals surface area contributed by atoms with Crippen LogP contribution >= 0.6 is 7.26 Å². The van der Waals surface area contributed by atoms with Gasteiger partial charge in [-0.25, -0.2) is 9.59 Å². The summed E-state index contributed by atoms with van der Waals surface area (Å²) in [6.45, 7) is 9.44. The van der Waals surface area contributed by atoms with Crippen LogP contribution in [0.2, 0.25) is 0 Å². The Morgan fingerprint density at radius 3 is 1.24 bits per heavy atom. The van der Waals surface area contributed by atoms with Crippen LogP contribution in [0.25, 0.3) is 0 Å². The van der Waals surface area contributed by atoms with Crippen LogP contribution in [0.15, 0.2) is 23.1 Å². The number of rotatable bonds is 15. The van der Waals surface area contributed by atoms with Crippen molar-refractivity contribution in [3.63, 3.8) is 0 Å². The van der Waals surface area contributed by atoms with Crippen molar-refractivity contribution in [1.29, 1.82) is 0 Å². The van der Waals surface area contributed by atoms with Gasteiger partial charge in [-0.1, -0.05) is 6.07 Å². The van der Waals surface area contributed by atoms with E-state index in [4.69, 9.17) is 14.8 Å². The molecule has 7 nitrogen and oxygen atoms in total. The Balaban J connectivity index is 0.000000621. The molecule has 0 radical (unpaired) electrons. The molecular formula is C24H43O7PS. The number of carboxylic acids is 2. The number of aromatic carboxylic acids is 2. The van der Waals surface area contributed by atoms with Crippen LogP contribution in [0.3, 0.4) is 0 Å². The molecule has 0 aliphatic carbocycles. The van der Waals surface area contributed by atoms with Gasteiger partial charge in [-0.3, -0.25) is 4.55 Å². The van der Waals surface area contributed by atoms with Gasteiger partial charge in [0.2, 0.25) is 0 Å². The topological polar surface area (TPSA) is 129 Å². The Hall–Kier alpha value is -1.50. The van der Waals surface area contributed by atoms with Crippen molar-refractivity contribution in [3.8, 4) is 0 Å². The second-order valence-electron chi connectivity index (χ2n) is 8.68. The van der Waals surface area contributed by atoms with E-state index in [0.717, 1.165) is 18.2 Å². The first kappa shape index (κ1) is 31.5. The van der Waals surface area contributed by atoms with Crippen molar-refractivity contribution in [1.82, 2.24) is 0 Å². The summed E-state index contributed by atoms with van der Waals surface area (Å²) in [4.78, 5) is 20.2. The third-order valence-corrected chi connectivity index (χ3v) is 12.6. The number of carbonyl (C=O) groups is 2. The zero-order valence-corrected chi connectivity index (χ0v) is 22.4. The van der Waals surface area contributed by atoms with Gasteiger partial charge in [-0.15, -0.1) is 0 Å². The fraction of sp³-hybridized carbons (Fsp3) is 0.667. The summed E-state index contributed by atoms with van der Waals surface area (Å²) >= 11 is 0. The minimum Gasteiger partial charge on any atom is -0.478 e. The van der Waals surface area contributed by atoms with E-state index < -0.39 is 45.3 Å². The van der Waals surface area contributed by atoms with Crippen LogP contribution in [-0.2, 0) is 10.1 Å². The molecule has 1 rings (SSSR count). The van der Waals surface area contributed by atoms with Crippen molar-refractivity contribution in [2.45, 2.75) is 84.0 Å². The Bertz CT molecular complexity index is 767. The number of unbranched alkanes of at least 4 members (excludes halogenated alkanes) is 4. The van der Waals surface area contributed by atoms with E-state index >= 15 is 0 Å². The van der Waals surface area contributed by atoms with Crippen molar-refractivity contribution in [3.05, 3.63) is 29.3 Å². The summed E-state index contributed by atoms with van der Waals surface area (Å²) in [6.07, 6.45) is 18.1. The quantitative estimate of drug-likeness (QED) is 0.189. The van der Waals surface area contributed by atoms with Crippen molar-refractivity contribution >= 4 is 29.3 Å². The summed E-state index contributed by atoms with van der Waals surface area (Å²) in [5.41, 5.74) is -1.58. The van der Waals surface area contributed by atoms with Crippen LogP contribution in [0.4, 0.5) is 0 Å². The standard InChI is InChI=1S/C16H37P.C8H6O7S/c1-5-9-13-17(14-10-6-2,15-11-7-3)16-12-8-4;9-7(10)4-2-1-3-5(8(11)12)6(4)16(13,14)15/h17H,5-16H2,1-4H3;1-3H,(H,9,10)(H,11,12)(H,13,14,15). The molecule has 0 atom stereocenters. The largest absolute Gasteiger partial charge is 0.478 e. The Morgan fingerprint density at radius 1 is 0.727 bits per heavy atom. The van der Waals surface area contributed by atoms with E-state index in [1.54, 1.807) is 24.6 Å². The first-order chi connectivity index (χ1) is 15.5.